The van der Waals surface area contributed by atoms with Crippen molar-refractivity contribution in [3.05, 3.63) is 83.4 Å². The molecule has 2 unspecified atom stereocenters. The SMILES string of the molecule is CN1c2cccc(C(=O)O)c2C(=O)C(c2ccccc2)C1c1nccn1C. The van der Waals surface area contributed by atoms with E-state index in [4.69, 9.17) is 0 Å². The minimum absolute atomic E-state index is 0.0311. The van der Waals surface area contributed by atoms with Gasteiger partial charge in [-0.15, -0.1) is 0 Å². The van der Waals surface area contributed by atoms with Crippen LogP contribution in [0, 0.1) is 0 Å². The number of nitrogens with zero attached hydrogens (tertiary/aromatic N) is 3. The molecule has 1 aliphatic heterocycles. The second-order valence-electron chi connectivity index (χ2n) is 6.71. The van der Waals surface area contributed by atoms with Crippen molar-refractivity contribution in [2.75, 3.05) is 11.9 Å². The molecule has 0 spiro atoms. The van der Waals surface area contributed by atoms with Gasteiger partial charge in [0.25, 0.3) is 0 Å². The molecule has 0 radical (unpaired) electrons. The zero-order valence-electron chi connectivity index (χ0n) is 15.0. The number of hydrogen-bond acceptors (Lipinski definition) is 4. The molecule has 136 valence electrons. The van der Waals surface area contributed by atoms with E-state index in [0.29, 0.717) is 5.69 Å². The number of fused-ring (bicyclic) bond motifs is 1. The maximum absolute atomic E-state index is 13.6. The predicted octanol–water partition coefficient (Wildman–Crippen LogP) is 3.28. The molecule has 0 saturated heterocycles. The summed E-state index contributed by atoms with van der Waals surface area (Å²) in [7, 11) is 3.78. The number of carboxylic acids is 1. The molecular formula is C21H19N3O3. The highest BCUT2D eigenvalue weighted by molar-refractivity contribution is 6.14. The van der Waals surface area contributed by atoms with Gasteiger partial charge < -0.3 is 14.6 Å². The van der Waals surface area contributed by atoms with Crippen molar-refractivity contribution in [3.8, 4) is 0 Å². The Bertz CT molecular complexity index is 1030. The van der Waals surface area contributed by atoms with Crippen molar-refractivity contribution < 1.29 is 14.7 Å². The zero-order valence-corrected chi connectivity index (χ0v) is 15.0. The minimum atomic E-state index is -1.10. The molecule has 0 amide bonds. The maximum Gasteiger partial charge on any atom is 0.336 e. The first kappa shape index (κ1) is 17.0. The first-order chi connectivity index (χ1) is 13.0. The van der Waals surface area contributed by atoms with Crippen LogP contribution in [0.25, 0.3) is 0 Å². The summed E-state index contributed by atoms with van der Waals surface area (Å²) < 4.78 is 1.90. The molecule has 0 fully saturated rings. The summed E-state index contributed by atoms with van der Waals surface area (Å²) in [5.74, 6) is -1.09. The van der Waals surface area contributed by atoms with Crippen LogP contribution in [0.5, 0.6) is 0 Å². The Morgan fingerprint density at radius 2 is 1.81 bits per heavy atom. The molecule has 0 bridgehead atoms. The van der Waals surface area contributed by atoms with E-state index in [9.17, 15) is 14.7 Å². The number of ketones is 1. The summed E-state index contributed by atoms with van der Waals surface area (Å²) in [6.45, 7) is 0. The van der Waals surface area contributed by atoms with Gasteiger partial charge >= 0.3 is 5.97 Å². The Balaban J connectivity index is 1.99. The van der Waals surface area contributed by atoms with Crippen LogP contribution in [0.1, 0.15) is 44.1 Å². The van der Waals surface area contributed by atoms with E-state index < -0.39 is 11.9 Å². The van der Waals surface area contributed by atoms with Crippen molar-refractivity contribution in [3.63, 3.8) is 0 Å². The van der Waals surface area contributed by atoms with Crippen LogP contribution in [0.4, 0.5) is 5.69 Å². The van der Waals surface area contributed by atoms with Crippen LogP contribution >= 0.6 is 0 Å². The molecule has 4 rings (SSSR count). The number of carbonyl (C=O) groups excluding carboxylic acids is 1. The second-order valence-corrected chi connectivity index (χ2v) is 6.71. The molecule has 2 heterocycles. The van der Waals surface area contributed by atoms with Gasteiger partial charge in [-0.05, 0) is 17.7 Å². The van der Waals surface area contributed by atoms with Crippen LogP contribution in [-0.2, 0) is 7.05 Å². The number of carboxylic acid groups (broad SMARTS) is 1. The van der Waals surface area contributed by atoms with Gasteiger partial charge in [0.05, 0.1) is 17.0 Å². The smallest absolute Gasteiger partial charge is 0.336 e. The number of likely N-dealkylation sites (N-methyl/N-ethyl adjacent to an activating group) is 1. The molecule has 6 heteroatoms. The molecule has 3 aromatic rings. The van der Waals surface area contributed by atoms with Gasteiger partial charge in [-0.25, -0.2) is 9.78 Å². The monoisotopic (exact) mass is 361 g/mol. The summed E-state index contributed by atoms with van der Waals surface area (Å²) >= 11 is 0. The maximum atomic E-state index is 13.6. The summed E-state index contributed by atoms with van der Waals surface area (Å²) in [5, 5.41) is 9.61. The van der Waals surface area contributed by atoms with Gasteiger partial charge in [-0.3, -0.25) is 4.79 Å². The molecule has 6 nitrogen and oxygen atoms in total. The molecular weight excluding hydrogens is 342 g/mol. The standard InChI is InChI=1S/C21H19N3O3/c1-23-12-11-22-20(23)18-16(13-7-4-3-5-8-13)19(25)17-14(21(26)27)9-6-10-15(17)24(18)2/h3-12,16,18H,1-2H3,(H,26,27). The third-order valence-electron chi connectivity index (χ3n) is 5.20. The quantitative estimate of drug-likeness (QED) is 0.775. The van der Waals surface area contributed by atoms with Gasteiger partial charge in [-0.1, -0.05) is 36.4 Å². The third-order valence-corrected chi connectivity index (χ3v) is 5.20. The van der Waals surface area contributed by atoms with Crippen molar-refractivity contribution in [2.24, 2.45) is 7.05 Å². The average molecular weight is 361 g/mol. The lowest BCUT2D eigenvalue weighted by atomic mass is 9.78. The van der Waals surface area contributed by atoms with E-state index >= 15 is 0 Å². The van der Waals surface area contributed by atoms with E-state index in [1.165, 1.54) is 6.07 Å². The summed E-state index contributed by atoms with van der Waals surface area (Å²) in [6.07, 6.45) is 3.55. The van der Waals surface area contributed by atoms with E-state index in [-0.39, 0.29) is 23.0 Å². The first-order valence-corrected chi connectivity index (χ1v) is 8.66. The number of aryl methyl sites for hydroxylation is 1. The number of carbonyl (C=O) groups is 2. The van der Waals surface area contributed by atoms with Crippen molar-refractivity contribution >= 4 is 17.4 Å². The van der Waals surface area contributed by atoms with Crippen molar-refractivity contribution in [1.82, 2.24) is 9.55 Å². The fraction of sp³-hybridized carbons (Fsp3) is 0.190. The Kier molecular flexibility index (Phi) is 4.03. The number of Topliss-reactive ketones (excluding diaryl/α,β-unsaturated/α-hetero) is 1. The van der Waals surface area contributed by atoms with Crippen LogP contribution in [0.15, 0.2) is 60.9 Å². The van der Waals surface area contributed by atoms with Crippen molar-refractivity contribution in [1.29, 1.82) is 0 Å². The van der Waals surface area contributed by atoms with Crippen LogP contribution in [-0.4, -0.2) is 33.5 Å². The molecule has 1 aliphatic rings. The Labute approximate surface area is 156 Å². The normalized spacial score (nSPS) is 19.0. The number of benzene rings is 2. The lowest BCUT2D eigenvalue weighted by Gasteiger charge is -2.40. The first-order valence-electron chi connectivity index (χ1n) is 8.66. The highest BCUT2D eigenvalue weighted by Gasteiger charge is 2.44. The van der Waals surface area contributed by atoms with Crippen LogP contribution in [0.2, 0.25) is 0 Å². The Morgan fingerprint density at radius 1 is 1.07 bits per heavy atom. The molecule has 1 aromatic heterocycles. The predicted molar refractivity (Wildman–Crippen MR) is 101 cm³/mol. The number of imidazole rings is 1. The molecule has 2 aromatic carbocycles. The Morgan fingerprint density at radius 3 is 2.44 bits per heavy atom. The summed E-state index contributed by atoms with van der Waals surface area (Å²) in [6, 6.07) is 14.1. The second kappa shape index (κ2) is 6.39. The fourth-order valence-electron chi connectivity index (χ4n) is 3.92. The van der Waals surface area contributed by atoms with E-state index in [1.807, 2.05) is 60.1 Å². The van der Waals surface area contributed by atoms with E-state index in [0.717, 1.165) is 11.4 Å². The van der Waals surface area contributed by atoms with Crippen molar-refractivity contribution in [2.45, 2.75) is 12.0 Å². The van der Waals surface area contributed by atoms with Gasteiger partial charge in [0.15, 0.2) is 5.78 Å². The highest BCUT2D eigenvalue weighted by Crippen LogP contribution is 2.46. The number of hydrogen-bond donors (Lipinski definition) is 1. The van der Waals surface area contributed by atoms with Crippen LogP contribution < -0.4 is 4.90 Å². The molecule has 1 N–H and O–H groups in total. The lowest BCUT2D eigenvalue weighted by Crippen LogP contribution is -2.41. The molecule has 0 saturated carbocycles. The summed E-state index contributed by atoms with van der Waals surface area (Å²) in [5.41, 5.74) is 1.74. The van der Waals surface area contributed by atoms with Gasteiger partial charge in [0.2, 0.25) is 0 Å². The number of anilines is 1. The van der Waals surface area contributed by atoms with Gasteiger partial charge in [0, 0.05) is 32.2 Å². The molecule has 0 aliphatic carbocycles. The minimum Gasteiger partial charge on any atom is -0.478 e. The molecule has 2 atom stereocenters. The lowest BCUT2D eigenvalue weighted by molar-refractivity contribution is 0.0690. The molecule has 27 heavy (non-hydrogen) atoms. The third kappa shape index (κ3) is 2.61. The largest absolute Gasteiger partial charge is 0.478 e. The van der Waals surface area contributed by atoms with Gasteiger partial charge in [-0.2, -0.15) is 0 Å². The Hall–Kier alpha value is -3.41. The number of rotatable bonds is 3. The zero-order chi connectivity index (χ0) is 19.1. The van der Waals surface area contributed by atoms with Gasteiger partial charge in [0.1, 0.15) is 11.9 Å². The van der Waals surface area contributed by atoms with Crippen LogP contribution in [0.3, 0.4) is 0 Å². The topological polar surface area (TPSA) is 75.4 Å². The number of aromatic carboxylic acids is 1. The highest BCUT2D eigenvalue weighted by atomic mass is 16.4. The van der Waals surface area contributed by atoms with E-state index in [1.54, 1.807) is 18.3 Å². The van der Waals surface area contributed by atoms with E-state index in [2.05, 4.69) is 4.98 Å². The summed E-state index contributed by atoms with van der Waals surface area (Å²) in [4.78, 5) is 31.8. The number of aromatic nitrogens is 2. The fourth-order valence-corrected chi connectivity index (χ4v) is 3.92. The average Bonchev–Trinajstić information content (AvgIpc) is 3.10.